The van der Waals surface area contributed by atoms with Crippen LogP contribution < -0.4 is 0 Å². The fraction of sp³-hybridized carbons (Fsp3) is 0.250. The summed E-state index contributed by atoms with van der Waals surface area (Å²) in [5.74, 6) is -0.315. The van der Waals surface area contributed by atoms with E-state index in [0.29, 0.717) is 5.57 Å². The average molecular weight is 142 g/mol. The standard InChI is InChI=1S/C8H11FO/c1-5-7(9)8(10-4)6(2)3/h5H,1-2H2,3-4H3/b8-7-. The van der Waals surface area contributed by atoms with E-state index in [4.69, 9.17) is 4.74 Å². The summed E-state index contributed by atoms with van der Waals surface area (Å²) in [7, 11) is 1.40. The van der Waals surface area contributed by atoms with Crippen molar-refractivity contribution in [3.05, 3.63) is 36.4 Å². The van der Waals surface area contributed by atoms with Crippen LogP contribution in [0.25, 0.3) is 0 Å². The fourth-order valence-electron chi connectivity index (χ4n) is 0.568. The summed E-state index contributed by atoms with van der Waals surface area (Å²) in [5, 5.41) is 0. The highest BCUT2D eigenvalue weighted by Crippen LogP contribution is 2.14. The van der Waals surface area contributed by atoms with Crippen molar-refractivity contribution in [2.45, 2.75) is 6.92 Å². The van der Waals surface area contributed by atoms with E-state index in [2.05, 4.69) is 13.2 Å². The minimum absolute atomic E-state index is 0.162. The largest absolute Gasteiger partial charge is 0.493 e. The first-order chi connectivity index (χ1) is 4.63. The van der Waals surface area contributed by atoms with E-state index in [1.165, 1.54) is 7.11 Å². The lowest BCUT2D eigenvalue weighted by molar-refractivity contribution is 0.287. The third-order valence-corrected chi connectivity index (χ3v) is 0.988. The normalized spacial score (nSPS) is 11.9. The van der Waals surface area contributed by atoms with Crippen molar-refractivity contribution >= 4 is 0 Å². The van der Waals surface area contributed by atoms with Crippen LogP contribution in [0.3, 0.4) is 0 Å². The molecule has 0 amide bonds. The van der Waals surface area contributed by atoms with Crippen LogP contribution in [0.2, 0.25) is 0 Å². The maximum absolute atomic E-state index is 12.6. The Morgan fingerprint density at radius 3 is 2.20 bits per heavy atom. The predicted molar refractivity (Wildman–Crippen MR) is 40.2 cm³/mol. The molecule has 0 aliphatic carbocycles. The summed E-state index contributed by atoms with van der Waals surface area (Å²) in [6.07, 6.45) is 1.09. The van der Waals surface area contributed by atoms with Gasteiger partial charge in [-0.1, -0.05) is 13.2 Å². The van der Waals surface area contributed by atoms with Crippen LogP contribution in [0.4, 0.5) is 4.39 Å². The first kappa shape index (κ1) is 8.95. The third kappa shape index (κ3) is 2.05. The van der Waals surface area contributed by atoms with E-state index in [0.717, 1.165) is 6.08 Å². The van der Waals surface area contributed by atoms with Crippen molar-refractivity contribution < 1.29 is 9.13 Å². The summed E-state index contributed by atoms with van der Waals surface area (Å²) in [5.41, 5.74) is 0.555. The van der Waals surface area contributed by atoms with E-state index in [1.54, 1.807) is 6.92 Å². The van der Waals surface area contributed by atoms with Crippen LogP contribution in [0, 0.1) is 0 Å². The minimum atomic E-state index is -0.477. The zero-order valence-electron chi connectivity index (χ0n) is 6.28. The quantitative estimate of drug-likeness (QED) is 0.434. The lowest BCUT2D eigenvalue weighted by Crippen LogP contribution is -1.89. The molecule has 0 aliphatic rings. The van der Waals surface area contributed by atoms with E-state index >= 15 is 0 Å². The summed E-state index contributed by atoms with van der Waals surface area (Å²) in [4.78, 5) is 0. The van der Waals surface area contributed by atoms with Crippen molar-refractivity contribution in [2.24, 2.45) is 0 Å². The van der Waals surface area contributed by atoms with Gasteiger partial charge in [-0.3, -0.25) is 0 Å². The van der Waals surface area contributed by atoms with Gasteiger partial charge in [0.1, 0.15) is 0 Å². The number of methoxy groups -OCH3 is 1. The highest BCUT2D eigenvalue weighted by atomic mass is 19.1. The molecular formula is C8H11FO. The molecule has 56 valence electrons. The smallest absolute Gasteiger partial charge is 0.164 e. The van der Waals surface area contributed by atoms with Crippen LogP contribution in [-0.4, -0.2) is 7.11 Å². The molecule has 1 nitrogen and oxygen atoms in total. The van der Waals surface area contributed by atoms with Crippen LogP contribution in [0.5, 0.6) is 0 Å². The van der Waals surface area contributed by atoms with Crippen LogP contribution in [0.15, 0.2) is 36.4 Å². The van der Waals surface area contributed by atoms with E-state index < -0.39 is 5.83 Å². The Hall–Kier alpha value is -1.05. The summed E-state index contributed by atoms with van der Waals surface area (Å²) >= 11 is 0. The minimum Gasteiger partial charge on any atom is -0.493 e. The molecule has 0 rings (SSSR count). The van der Waals surface area contributed by atoms with Gasteiger partial charge >= 0.3 is 0 Å². The molecule has 0 fully saturated rings. The lowest BCUT2D eigenvalue weighted by Gasteiger charge is -2.03. The zero-order valence-corrected chi connectivity index (χ0v) is 6.28. The van der Waals surface area contributed by atoms with Gasteiger partial charge < -0.3 is 4.74 Å². The second-order valence-electron chi connectivity index (χ2n) is 1.87. The molecule has 0 bridgehead atoms. The van der Waals surface area contributed by atoms with Gasteiger partial charge in [0.2, 0.25) is 0 Å². The number of ether oxygens (including phenoxy) is 1. The van der Waals surface area contributed by atoms with E-state index in [-0.39, 0.29) is 5.76 Å². The molecule has 0 aromatic carbocycles. The molecule has 0 saturated heterocycles. The highest BCUT2D eigenvalue weighted by molar-refractivity contribution is 5.28. The maximum Gasteiger partial charge on any atom is 0.164 e. The maximum atomic E-state index is 12.6. The molecule has 0 atom stereocenters. The zero-order chi connectivity index (χ0) is 8.15. The van der Waals surface area contributed by atoms with Gasteiger partial charge in [0.05, 0.1) is 7.11 Å². The van der Waals surface area contributed by atoms with Crippen LogP contribution in [-0.2, 0) is 4.74 Å². The Morgan fingerprint density at radius 1 is 1.60 bits per heavy atom. The number of rotatable bonds is 3. The lowest BCUT2D eigenvalue weighted by atomic mass is 10.2. The molecule has 0 radical (unpaired) electrons. The van der Waals surface area contributed by atoms with E-state index in [9.17, 15) is 4.39 Å². The summed E-state index contributed by atoms with van der Waals surface area (Å²) < 4.78 is 17.3. The van der Waals surface area contributed by atoms with Crippen LogP contribution >= 0.6 is 0 Å². The molecule has 0 N–H and O–H groups in total. The Morgan fingerprint density at radius 2 is 2.10 bits per heavy atom. The van der Waals surface area contributed by atoms with Gasteiger partial charge in [-0.05, 0) is 18.6 Å². The third-order valence-electron chi connectivity index (χ3n) is 0.988. The predicted octanol–water partition coefficient (Wildman–Crippen LogP) is 2.58. The molecule has 0 aliphatic heterocycles. The van der Waals surface area contributed by atoms with Crippen molar-refractivity contribution in [3.63, 3.8) is 0 Å². The molecule has 0 unspecified atom stereocenters. The molecule has 0 aromatic heterocycles. The van der Waals surface area contributed by atoms with E-state index in [1.807, 2.05) is 0 Å². The molecule has 0 saturated carbocycles. The number of allylic oxidation sites excluding steroid dienone is 3. The Kier molecular flexibility index (Phi) is 3.47. The second kappa shape index (κ2) is 3.88. The van der Waals surface area contributed by atoms with Gasteiger partial charge in [-0.15, -0.1) is 0 Å². The Labute approximate surface area is 60.5 Å². The number of hydrogen-bond donors (Lipinski definition) is 0. The second-order valence-corrected chi connectivity index (χ2v) is 1.87. The SMILES string of the molecule is C=C/C(F)=C(/OC)C(=C)C. The number of hydrogen-bond acceptors (Lipinski definition) is 1. The van der Waals surface area contributed by atoms with Gasteiger partial charge in [0.15, 0.2) is 11.6 Å². The van der Waals surface area contributed by atoms with Gasteiger partial charge in [-0.2, -0.15) is 0 Å². The van der Waals surface area contributed by atoms with Gasteiger partial charge in [0.25, 0.3) is 0 Å². The molecule has 0 spiro atoms. The summed E-state index contributed by atoms with van der Waals surface area (Å²) in [6.45, 7) is 8.45. The highest BCUT2D eigenvalue weighted by Gasteiger charge is 2.02. The molecular weight excluding hydrogens is 131 g/mol. The average Bonchev–Trinajstić information content (AvgIpc) is 1.88. The Bertz CT molecular complexity index is 180. The topological polar surface area (TPSA) is 9.23 Å². The summed E-state index contributed by atoms with van der Waals surface area (Å²) in [6, 6.07) is 0. The van der Waals surface area contributed by atoms with Crippen LogP contribution in [0.1, 0.15) is 6.92 Å². The number of halogens is 1. The molecule has 10 heavy (non-hydrogen) atoms. The van der Waals surface area contributed by atoms with Crippen molar-refractivity contribution in [1.82, 2.24) is 0 Å². The van der Waals surface area contributed by atoms with Crippen molar-refractivity contribution in [2.75, 3.05) is 7.11 Å². The first-order valence-corrected chi connectivity index (χ1v) is 2.85. The molecule has 0 heterocycles. The van der Waals surface area contributed by atoms with Gasteiger partial charge in [0, 0.05) is 0 Å². The monoisotopic (exact) mass is 142 g/mol. The van der Waals surface area contributed by atoms with Gasteiger partial charge in [-0.25, -0.2) is 4.39 Å². The van der Waals surface area contributed by atoms with Crippen molar-refractivity contribution in [1.29, 1.82) is 0 Å². The fourth-order valence-corrected chi connectivity index (χ4v) is 0.568. The Balaban J connectivity index is 4.62. The molecule has 0 aromatic rings. The van der Waals surface area contributed by atoms with Crippen molar-refractivity contribution in [3.8, 4) is 0 Å². The first-order valence-electron chi connectivity index (χ1n) is 2.85. The molecule has 2 heteroatoms.